The van der Waals surface area contributed by atoms with Gasteiger partial charge in [0.15, 0.2) is 0 Å². The summed E-state index contributed by atoms with van der Waals surface area (Å²) in [6.45, 7) is 12.8. The van der Waals surface area contributed by atoms with Gasteiger partial charge in [-0.1, -0.05) is 51.1 Å². The summed E-state index contributed by atoms with van der Waals surface area (Å²) in [5, 5.41) is 16.1. The lowest BCUT2D eigenvalue weighted by atomic mass is 9.66. The first-order valence-corrected chi connectivity index (χ1v) is 13.8. The predicted molar refractivity (Wildman–Crippen MR) is 142 cm³/mol. The second-order valence-electron chi connectivity index (χ2n) is 12.8. The highest BCUT2D eigenvalue weighted by molar-refractivity contribution is 8.02. The molecule has 0 saturated carbocycles. The Morgan fingerprint density at radius 2 is 1.78 bits per heavy atom. The van der Waals surface area contributed by atoms with Gasteiger partial charge in [0.25, 0.3) is 0 Å². The van der Waals surface area contributed by atoms with Gasteiger partial charge in [-0.2, -0.15) is 0 Å². The number of benzene rings is 1. The van der Waals surface area contributed by atoms with Crippen LogP contribution in [-0.2, 0) is 20.9 Å². The molecule has 0 aromatic heterocycles. The maximum absolute atomic E-state index is 13.9. The molecular weight excluding hydrogens is 474 g/mol. The molecule has 5 atom stereocenters. The summed E-state index contributed by atoms with van der Waals surface area (Å²) in [4.78, 5) is 42.9. The molecule has 36 heavy (non-hydrogen) atoms. The Hall–Kier alpha value is -2.06. The summed E-state index contributed by atoms with van der Waals surface area (Å²) in [6.07, 6.45) is 2.25. The highest BCUT2D eigenvalue weighted by atomic mass is 32.2. The number of likely N-dealkylation sites (tertiary alicyclic amines) is 1. The minimum absolute atomic E-state index is 0.0177. The lowest BCUT2D eigenvalue weighted by Crippen LogP contribution is -2.58. The van der Waals surface area contributed by atoms with Gasteiger partial charge < -0.3 is 20.6 Å². The zero-order valence-corrected chi connectivity index (χ0v) is 23.2. The van der Waals surface area contributed by atoms with Crippen molar-refractivity contribution in [2.75, 3.05) is 13.2 Å². The first-order chi connectivity index (χ1) is 16.7. The highest BCUT2D eigenvalue weighted by Crippen LogP contribution is 2.71. The van der Waals surface area contributed by atoms with Crippen LogP contribution in [0, 0.1) is 17.3 Å². The number of aliphatic hydroxyl groups excluding tert-OH is 1. The van der Waals surface area contributed by atoms with Crippen LogP contribution in [-0.4, -0.2) is 62.0 Å². The molecule has 1 aromatic rings. The van der Waals surface area contributed by atoms with E-state index in [0.717, 1.165) is 18.4 Å². The molecule has 0 aliphatic carbocycles. The van der Waals surface area contributed by atoms with Crippen LogP contribution in [0.3, 0.4) is 0 Å². The Bertz CT molecular complexity index is 1020. The average molecular weight is 516 g/mol. The predicted octanol–water partition coefficient (Wildman–Crippen LogP) is 3.11. The molecule has 3 heterocycles. The van der Waals surface area contributed by atoms with Crippen molar-refractivity contribution in [1.29, 1.82) is 0 Å². The number of carbonyl (C=O) groups excluding carboxylic acids is 3. The fourth-order valence-electron chi connectivity index (χ4n) is 7.14. The smallest absolute Gasteiger partial charge is 0.244 e. The second-order valence-corrected chi connectivity index (χ2v) is 14.7. The van der Waals surface area contributed by atoms with E-state index in [-0.39, 0.29) is 36.3 Å². The maximum Gasteiger partial charge on any atom is 0.244 e. The van der Waals surface area contributed by atoms with Crippen molar-refractivity contribution in [2.45, 2.75) is 88.4 Å². The van der Waals surface area contributed by atoms with Gasteiger partial charge in [0, 0.05) is 23.4 Å². The van der Waals surface area contributed by atoms with E-state index in [2.05, 4.69) is 38.3 Å². The van der Waals surface area contributed by atoms with Crippen LogP contribution in [0.1, 0.15) is 66.4 Å². The Morgan fingerprint density at radius 3 is 2.39 bits per heavy atom. The number of aliphatic hydroxyl groups is 1. The van der Waals surface area contributed by atoms with Crippen molar-refractivity contribution in [2.24, 2.45) is 17.3 Å². The third kappa shape index (κ3) is 4.78. The lowest BCUT2D eigenvalue weighted by molar-refractivity contribution is -0.141. The van der Waals surface area contributed by atoms with Gasteiger partial charge in [0.05, 0.1) is 23.2 Å². The summed E-state index contributed by atoms with van der Waals surface area (Å²) in [6, 6.07) is 9.01. The second kappa shape index (κ2) is 9.35. The van der Waals surface area contributed by atoms with Crippen LogP contribution in [0.2, 0.25) is 0 Å². The molecular formula is C28H41N3O4S. The maximum atomic E-state index is 13.9. The zero-order valence-electron chi connectivity index (χ0n) is 22.4. The van der Waals surface area contributed by atoms with Gasteiger partial charge in [-0.15, -0.1) is 11.8 Å². The fourth-order valence-corrected chi connectivity index (χ4v) is 9.50. The molecule has 3 saturated heterocycles. The molecule has 1 spiro atoms. The van der Waals surface area contributed by atoms with Gasteiger partial charge in [-0.25, -0.2) is 0 Å². The molecule has 2 bridgehead atoms. The summed E-state index contributed by atoms with van der Waals surface area (Å²) in [5.74, 6) is -1.60. The van der Waals surface area contributed by atoms with E-state index in [1.807, 2.05) is 44.2 Å². The minimum Gasteiger partial charge on any atom is -0.395 e. The number of nitrogens with zero attached hydrogens (tertiary/aromatic N) is 1. The average Bonchev–Trinajstić information content (AvgIpc) is 3.32. The molecule has 2 unspecified atom stereocenters. The van der Waals surface area contributed by atoms with Crippen LogP contribution >= 0.6 is 11.8 Å². The molecule has 3 N–H and O–H groups in total. The number of rotatable bonds is 8. The first-order valence-electron chi connectivity index (χ1n) is 13.0. The number of amides is 3. The summed E-state index contributed by atoms with van der Waals surface area (Å²) < 4.78 is -1.08. The van der Waals surface area contributed by atoms with E-state index in [4.69, 9.17) is 0 Å². The summed E-state index contributed by atoms with van der Waals surface area (Å²) >= 11 is 1.65. The monoisotopic (exact) mass is 515 g/mol. The largest absolute Gasteiger partial charge is 0.395 e. The molecule has 198 valence electrons. The van der Waals surface area contributed by atoms with E-state index >= 15 is 0 Å². The summed E-state index contributed by atoms with van der Waals surface area (Å²) in [7, 11) is 0. The van der Waals surface area contributed by atoms with Crippen molar-refractivity contribution in [3.63, 3.8) is 0 Å². The van der Waals surface area contributed by atoms with E-state index in [1.54, 1.807) is 16.7 Å². The van der Waals surface area contributed by atoms with E-state index < -0.39 is 32.9 Å². The van der Waals surface area contributed by atoms with Crippen molar-refractivity contribution in [3.8, 4) is 0 Å². The van der Waals surface area contributed by atoms with E-state index in [9.17, 15) is 19.5 Å². The van der Waals surface area contributed by atoms with Crippen LogP contribution in [0.15, 0.2) is 30.3 Å². The number of carbonyl (C=O) groups is 3. The molecule has 3 fully saturated rings. The Morgan fingerprint density at radius 1 is 1.11 bits per heavy atom. The van der Waals surface area contributed by atoms with Crippen molar-refractivity contribution in [3.05, 3.63) is 35.9 Å². The Labute approximate surface area is 219 Å². The topological polar surface area (TPSA) is 98.7 Å². The van der Waals surface area contributed by atoms with Gasteiger partial charge in [-0.05, 0) is 51.0 Å². The van der Waals surface area contributed by atoms with Gasteiger partial charge in [0.1, 0.15) is 6.04 Å². The van der Waals surface area contributed by atoms with Crippen molar-refractivity contribution >= 4 is 29.5 Å². The van der Waals surface area contributed by atoms with Crippen LogP contribution in [0.5, 0.6) is 0 Å². The van der Waals surface area contributed by atoms with Crippen LogP contribution in [0.25, 0.3) is 0 Å². The number of hydrogen-bond acceptors (Lipinski definition) is 5. The molecule has 1 aromatic carbocycles. The SMILES string of the molecule is CC(C)(C)CC(C)(C)NC(=O)C1N(CCO)C(=O)[C@@H]2[C@@H](C(=O)NCc3ccccc3)[C@@]3(C)CCC12S3. The van der Waals surface area contributed by atoms with Crippen LogP contribution < -0.4 is 10.6 Å². The third-order valence-electron chi connectivity index (χ3n) is 7.89. The molecule has 3 amide bonds. The number of hydrogen-bond donors (Lipinski definition) is 3. The zero-order chi connectivity index (χ0) is 26.5. The molecule has 3 aliphatic heterocycles. The number of β-amino-alcohol motifs (C(OH)–C–C–N with tert-alkyl or cyclic N) is 1. The number of thioether (sulfide) groups is 1. The van der Waals surface area contributed by atoms with Gasteiger partial charge >= 0.3 is 0 Å². The minimum atomic E-state index is -0.708. The number of nitrogens with one attached hydrogen (secondary N) is 2. The summed E-state index contributed by atoms with van der Waals surface area (Å²) in [5.41, 5.74) is 0.555. The standard InChI is InChI=1S/C28H41N3O4S/c1-25(2,3)17-26(4,5)30-23(34)21-28-13-12-27(6,36-28)19(20(28)24(35)31(21)14-15-32)22(33)29-16-18-10-8-7-9-11-18/h7-11,19-21,32H,12-17H2,1-6H3,(H,29,33)(H,30,34)/t19-,20-,21?,27+,28?/m0/s1. The van der Waals surface area contributed by atoms with Crippen molar-refractivity contribution < 1.29 is 19.5 Å². The van der Waals surface area contributed by atoms with Crippen molar-refractivity contribution in [1.82, 2.24) is 15.5 Å². The first kappa shape index (κ1) is 27.0. The molecule has 3 aliphatic rings. The molecule has 4 rings (SSSR count). The normalized spacial score (nSPS) is 31.5. The fraction of sp³-hybridized carbons (Fsp3) is 0.679. The number of fused-ring (bicyclic) bond motifs is 1. The highest BCUT2D eigenvalue weighted by Gasteiger charge is 2.77. The third-order valence-corrected chi connectivity index (χ3v) is 9.88. The Kier molecular flexibility index (Phi) is 7.01. The van der Waals surface area contributed by atoms with Gasteiger partial charge in [-0.3, -0.25) is 14.4 Å². The van der Waals surface area contributed by atoms with E-state index in [0.29, 0.717) is 13.0 Å². The molecule has 8 heteroatoms. The quantitative estimate of drug-likeness (QED) is 0.494. The Balaban J connectivity index is 1.62. The lowest BCUT2D eigenvalue weighted by Gasteiger charge is -2.38. The van der Waals surface area contributed by atoms with Crippen LogP contribution in [0.4, 0.5) is 0 Å². The molecule has 0 radical (unpaired) electrons. The van der Waals surface area contributed by atoms with Gasteiger partial charge in [0.2, 0.25) is 17.7 Å². The molecule has 7 nitrogen and oxygen atoms in total. The van der Waals surface area contributed by atoms with E-state index in [1.165, 1.54) is 0 Å².